The minimum Gasteiger partial charge on any atom is -0.340 e. The molecule has 0 bridgehead atoms. The van der Waals surface area contributed by atoms with E-state index in [0.717, 1.165) is 18.1 Å². The number of piperazine rings is 1. The second kappa shape index (κ2) is 7.25. The molecule has 2 atom stereocenters. The van der Waals surface area contributed by atoms with Crippen molar-refractivity contribution in [2.45, 2.75) is 17.2 Å². The zero-order valence-corrected chi connectivity index (χ0v) is 15.9. The Labute approximate surface area is 162 Å². The highest BCUT2D eigenvalue weighted by molar-refractivity contribution is 7.89. The van der Waals surface area contributed by atoms with E-state index >= 15 is 0 Å². The molecule has 0 spiro atoms. The molecule has 1 heterocycles. The van der Waals surface area contributed by atoms with Crippen LogP contribution in [0.3, 0.4) is 0 Å². The second-order valence-corrected chi connectivity index (χ2v) is 9.12. The number of halogens is 2. The van der Waals surface area contributed by atoms with E-state index in [4.69, 9.17) is 0 Å². The van der Waals surface area contributed by atoms with Gasteiger partial charge < -0.3 is 4.90 Å². The number of hydrogen-bond acceptors (Lipinski definition) is 3. The zero-order valence-electron chi connectivity index (χ0n) is 15.1. The van der Waals surface area contributed by atoms with E-state index < -0.39 is 15.8 Å². The highest BCUT2D eigenvalue weighted by Gasteiger charge is 2.46. The summed E-state index contributed by atoms with van der Waals surface area (Å²) in [4.78, 5) is 14.3. The highest BCUT2D eigenvalue weighted by atomic mass is 32.2. The largest absolute Gasteiger partial charge is 0.340 e. The topological polar surface area (TPSA) is 57.7 Å². The van der Waals surface area contributed by atoms with Crippen molar-refractivity contribution in [2.24, 2.45) is 5.92 Å². The number of carbonyl (C=O) groups excluding carboxylic acids is 1. The van der Waals surface area contributed by atoms with Crippen LogP contribution < -0.4 is 0 Å². The van der Waals surface area contributed by atoms with Crippen molar-refractivity contribution in [2.75, 3.05) is 26.2 Å². The van der Waals surface area contributed by atoms with Crippen LogP contribution in [-0.2, 0) is 14.8 Å². The lowest BCUT2D eigenvalue weighted by molar-refractivity contribution is -0.133. The van der Waals surface area contributed by atoms with Gasteiger partial charge in [-0.1, -0.05) is 18.2 Å². The molecule has 1 aliphatic heterocycles. The van der Waals surface area contributed by atoms with E-state index in [1.165, 1.54) is 34.6 Å². The first-order chi connectivity index (χ1) is 13.4. The Morgan fingerprint density at radius 2 is 1.61 bits per heavy atom. The molecular formula is C20H20F2N2O3S. The van der Waals surface area contributed by atoms with Gasteiger partial charge in [0.2, 0.25) is 15.9 Å². The molecule has 2 aliphatic rings. The lowest BCUT2D eigenvalue weighted by Gasteiger charge is -2.34. The molecule has 1 saturated carbocycles. The third kappa shape index (κ3) is 3.66. The third-order valence-corrected chi connectivity index (χ3v) is 7.28. The number of amides is 1. The fraction of sp³-hybridized carbons (Fsp3) is 0.350. The summed E-state index contributed by atoms with van der Waals surface area (Å²) in [5, 5.41) is 0. The number of carbonyl (C=O) groups is 1. The second-order valence-electron chi connectivity index (χ2n) is 7.19. The molecule has 2 unspecified atom stereocenters. The van der Waals surface area contributed by atoms with Gasteiger partial charge in [-0.25, -0.2) is 17.2 Å². The number of rotatable bonds is 4. The molecule has 0 N–H and O–H groups in total. The van der Waals surface area contributed by atoms with Crippen LogP contribution >= 0.6 is 0 Å². The molecule has 4 rings (SSSR count). The summed E-state index contributed by atoms with van der Waals surface area (Å²) in [6, 6.07) is 11.1. The van der Waals surface area contributed by atoms with Crippen molar-refractivity contribution < 1.29 is 22.0 Å². The quantitative estimate of drug-likeness (QED) is 0.784. The van der Waals surface area contributed by atoms with E-state index in [-0.39, 0.29) is 41.5 Å². The van der Waals surface area contributed by atoms with Crippen LogP contribution in [0, 0.1) is 17.6 Å². The first-order valence-corrected chi connectivity index (χ1v) is 10.6. The van der Waals surface area contributed by atoms with Gasteiger partial charge in [0.1, 0.15) is 11.6 Å². The van der Waals surface area contributed by atoms with E-state index in [9.17, 15) is 22.0 Å². The van der Waals surface area contributed by atoms with E-state index in [0.29, 0.717) is 13.1 Å². The van der Waals surface area contributed by atoms with Crippen molar-refractivity contribution in [1.29, 1.82) is 0 Å². The van der Waals surface area contributed by atoms with E-state index in [1.54, 1.807) is 17.0 Å². The Morgan fingerprint density at radius 3 is 2.25 bits per heavy atom. The van der Waals surface area contributed by atoms with Gasteiger partial charge in [-0.3, -0.25) is 4.79 Å². The van der Waals surface area contributed by atoms with Gasteiger partial charge in [0, 0.05) is 32.1 Å². The summed E-state index contributed by atoms with van der Waals surface area (Å²) >= 11 is 0. The summed E-state index contributed by atoms with van der Waals surface area (Å²) < 4.78 is 53.0. The maximum absolute atomic E-state index is 13.4. The molecule has 1 saturated heterocycles. The summed E-state index contributed by atoms with van der Waals surface area (Å²) in [5.74, 6) is -0.922. The Kier molecular flexibility index (Phi) is 4.93. The lowest BCUT2D eigenvalue weighted by Crippen LogP contribution is -2.51. The lowest BCUT2D eigenvalue weighted by atomic mass is 10.1. The van der Waals surface area contributed by atoms with Gasteiger partial charge >= 0.3 is 0 Å². The van der Waals surface area contributed by atoms with Crippen LogP contribution in [-0.4, -0.2) is 49.7 Å². The minimum atomic E-state index is -3.78. The van der Waals surface area contributed by atoms with Crippen molar-refractivity contribution in [3.05, 3.63) is 65.7 Å². The molecule has 5 nitrogen and oxygen atoms in total. The summed E-state index contributed by atoms with van der Waals surface area (Å²) in [6.07, 6.45) is 0.728. The van der Waals surface area contributed by atoms with Crippen LogP contribution in [0.1, 0.15) is 17.9 Å². The average molecular weight is 406 g/mol. The van der Waals surface area contributed by atoms with Crippen LogP contribution in [0.4, 0.5) is 8.78 Å². The van der Waals surface area contributed by atoms with Crippen molar-refractivity contribution in [3.63, 3.8) is 0 Å². The third-order valence-electron chi connectivity index (χ3n) is 5.39. The molecular weight excluding hydrogens is 386 g/mol. The molecule has 1 amide bonds. The number of benzene rings is 2. The van der Waals surface area contributed by atoms with Gasteiger partial charge in [-0.05, 0) is 48.2 Å². The van der Waals surface area contributed by atoms with Gasteiger partial charge in [0.05, 0.1) is 4.90 Å². The molecule has 1 aliphatic carbocycles. The van der Waals surface area contributed by atoms with Crippen molar-refractivity contribution in [1.82, 2.24) is 9.21 Å². The molecule has 0 radical (unpaired) electrons. The van der Waals surface area contributed by atoms with Gasteiger partial charge in [-0.2, -0.15) is 4.31 Å². The predicted octanol–water partition coefficient (Wildman–Crippen LogP) is 2.60. The first kappa shape index (κ1) is 19.0. The smallest absolute Gasteiger partial charge is 0.243 e. The number of nitrogens with zero attached hydrogens (tertiary/aromatic N) is 2. The highest BCUT2D eigenvalue weighted by Crippen LogP contribution is 2.48. The summed E-state index contributed by atoms with van der Waals surface area (Å²) in [5.41, 5.74) is 0.951. The fourth-order valence-corrected chi connectivity index (χ4v) is 5.16. The van der Waals surface area contributed by atoms with Crippen LogP contribution in [0.5, 0.6) is 0 Å². The monoisotopic (exact) mass is 406 g/mol. The van der Waals surface area contributed by atoms with Crippen molar-refractivity contribution >= 4 is 15.9 Å². The predicted molar refractivity (Wildman–Crippen MR) is 99.0 cm³/mol. The van der Waals surface area contributed by atoms with Gasteiger partial charge in [0.25, 0.3) is 0 Å². The first-order valence-electron chi connectivity index (χ1n) is 9.16. The Morgan fingerprint density at radius 1 is 0.929 bits per heavy atom. The maximum atomic E-state index is 13.4. The average Bonchev–Trinajstić information content (AvgIpc) is 3.49. The Bertz CT molecular complexity index is 987. The van der Waals surface area contributed by atoms with E-state index in [2.05, 4.69) is 0 Å². The number of hydrogen-bond donors (Lipinski definition) is 0. The normalized spacial score (nSPS) is 22.9. The zero-order chi connectivity index (χ0) is 19.9. The number of sulfonamides is 1. The molecule has 0 aromatic heterocycles. The molecule has 28 heavy (non-hydrogen) atoms. The Balaban J connectivity index is 1.37. The molecule has 8 heteroatoms. The molecule has 2 aromatic carbocycles. The van der Waals surface area contributed by atoms with Crippen LogP contribution in [0.15, 0.2) is 53.4 Å². The molecule has 2 fully saturated rings. The van der Waals surface area contributed by atoms with Gasteiger partial charge in [-0.15, -0.1) is 0 Å². The summed E-state index contributed by atoms with van der Waals surface area (Å²) in [7, 11) is -3.78. The standard InChI is InChI=1S/C20H20F2N2O3S/c21-15-6-4-14(5-7-15)18-13-19(18)20(25)23-8-10-24(11-9-23)28(26,27)17-3-1-2-16(22)12-17/h1-7,12,18-19H,8-11,13H2. The Hall–Kier alpha value is -2.32. The minimum absolute atomic E-state index is 0.0112. The van der Waals surface area contributed by atoms with Crippen LogP contribution in [0.2, 0.25) is 0 Å². The van der Waals surface area contributed by atoms with E-state index in [1.807, 2.05) is 0 Å². The van der Waals surface area contributed by atoms with Gasteiger partial charge in [0.15, 0.2) is 0 Å². The summed E-state index contributed by atoms with van der Waals surface area (Å²) in [6.45, 7) is 0.969. The maximum Gasteiger partial charge on any atom is 0.243 e. The molecule has 2 aromatic rings. The van der Waals surface area contributed by atoms with Crippen molar-refractivity contribution in [3.8, 4) is 0 Å². The molecule has 148 valence electrons. The van der Waals surface area contributed by atoms with Crippen LogP contribution in [0.25, 0.3) is 0 Å². The SMILES string of the molecule is O=C(C1CC1c1ccc(F)cc1)N1CCN(S(=O)(=O)c2cccc(F)c2)CC1. The fourth-order valence-electron chi connectivity index (χ4n) is 3.71.